The number of nitrogens with zero attached hydrogens (tertiary/aromatic N) is 2. The van der Waals surface area contributed by atoms with Crippen LogP contribution in [-0.4, -0.2) is 14.7 Å². The zero-order valence-corrected chi connectivity index (χ0v) is 10.7. The summed E-state index contributed by atoms with van der Waals surface area (Å²) in [5.41, 5.74) is 3.49. The van der Waals surface area contributed by atoms with Gasteiger partial charge in [0.05, 0.1) is 12.6 Å². The Balaban J connectivity index is 1.89. The summed E-state index contributed by atoms with van der Waals surface area (Å²) >= 11 is 1.70. The number of aromatic nitrogens is 2. The molecule has 3 rings (SSSR count). The van der Waals surface area contributed by atoms with E-state index in [9.17, 15) is 5.11 Å². The van der Waals surface area contributed by atoms with Crippen molar-refractivity contribution in [2.24, 2.45) is 0 Å². The average molecular weight is 248 g/mol. The van der Waals surface area contributed by atoms with Crippen molar-refractivity contribution in [2.45, 2.75) is 38.8 Å². The molecule has 0 saturated heterocycles. The lowest BCUT2D eigenvalue weighted by molar-refractivity contribution is 0.156. The molecule has 0 radical (unpaired) electrons. The van der Waals surface area contributed by atoms with Crippen molar-refractivity contribution < 1.29 is 5.11 Å². The first-order chi connectivity index (χ1) is 8.24. The minimum Gasteiger partial charge on any atom is -0.388 e. The van der Waals surface area contributed by atoms with Gasteiger partial charge in [-0.3, -0.25) is 0 Å². The summed E-state index contributed by atoms with van der Waals surface area (Å²) in [6.07, 6.45) is 4.86. The average Bonchev–Trinajstić information content (AvgIpc) is 2.88. The second-order valence-electron chi connectivity index (χ2n) is 4.64. The van der Waals surface area contributed by atoms with E-state index < -0.39 is 0 Å². The van der Waals surface area contributed by atoms with Crippen LogP contribution in [0.3, 0.4) is 0 Å². The van der Waals surface area contributed by atoms with Crippen LogP contribution in [0.15, 0.2) is 17.6 Å². The molecule has 3 nitrogen and oxygen atoms in total. The van der Waals surface area contributed by atoms with Gasteiger partial charge in [-0.05, 0) is 32.3 Å². The smallest absolute Gasteiger partial charge is 0.113 e. The monoisotopic (exact) mass is 248 g/mol. The van der Waals surface area contributed by atoms with Gasteiger partial charge >= 0.3 is 0 Å². The molecule has 0 bridgehead atoms. The summed E-state index contributed by atoms with van der Waals surface area (Å²) in [4.78, 5) is 4.49. The molecule has 0 aliphatic heterocycles. The van der Waals surface area contributed by atoms with E-state index in [0.29, 0.717) is 0 Å². The normalized spacial score (nSPS) is 19.3. The van der Waals surface area contributed by atoms with Crippen LogP contribution in [-0.2, 0) is 13.0 Å². The van der Waals surface area contributed by atoms with Crippen LogP contribution < -0.4 is 0 Å². The van der Waals surface area contributed by atoms with Crippen molar-refractivity contribution in [3.05, 3.63) is 39.6 Å². The van der Waals surface area contributed by atoms with Gasteiger partial charge in [-0.2, -0.15) is 0 Å². The van der Waals surface area contributed by atoms with E-state index in [2.05, 4.69) is 27.2 Å². The van der Waals surface area contributed by atoms with Crippen LogP contribution >= 0.6 is 11.3 Å². The van der Waals surface area contributed by atoms with Crippen LogP contribution in [0.2, 0.25) is 0 Å². The molecule has 0 saturated carbocycles. The topological polar surface area (TPSA) is 38.0 Å². The number of aliphatic hydroxyl groups excluding tert-OH is 1. The number of aliphatic hydroxyl groups is 1. The molecule has 0 fully saturated rings. The molecule has 1 N–H and O–H groups in total. The maximum absolute atomic E-state index is 9.92. The van der Waals surface area contributed by atoms with E-state index in [1.54, 1.807) is 11.3 Å². The standard InChI is InChI=1S/C13H16N2OS/c1-9-8-17-13(14-9)7-15-6-5-10-11(15)3-2-4-12(10)16/h5-6,8,12,16H,2-4,7H2,1H3. The quantitative estimate of drug-likeness (QED) is 0.887. The predicted octanol–water partition coefficient (Wildman–Crippen LogP) is 2.67. The Morgan fingerprint density at radius 2 is 2.47 bits per heavy atom. The Morgan fingerprint density at radius 3 is 3.24 bits per heavy atom. The number of fused-ring (bicyclic) bond motifs is 1. The Hall–Kier alpha value is -1.13. The first-order valence-electron chi connectivity index (χ1n) is 6.01. The molecule has 1 aliphatic carbocycles. The van der Waals surface area contributed by atoms with Gasteiger partial charge in [0.2, 0.25) is 0 Å². The fraction of sp³-hybridized carbons (Fsp3) is 0.462. The van der Waals surface area contributed by atoms with Gasteiger partial charge in [0.15, 0.2) is 0 Å². The van der Waals surface area contributed by atoms with E-state index in [1.165, 1.54) is 5.69 Å². The molecule has 17 heavy (non-hydrogen) atoms. The third-order valence-electron chi connectivity index (χ3n) is 3.34. The first kappa shape index (κ1) is 11.0. The third-order valence-corrected chi connectivity index (χ3v) is 4.29. The fourth-order valence-corrected chi connectivity index (χ4v) is 3.27. The summed E-state index contributed by atoms with van der Waals surface area (Å²) in [6.45, 7) is 2.86. The second kappa shape index (κ2) is 4.27. The van der Waals surface area contributed by atoms with Gasteiger partial charge in [0.25, 0.3) is 0 Å². The van der Waals surface area contributed by atoms with Gasteiger partial charge in [-0.15, -0.1) is 11.3 Å². The van der Waals surface area contributed by atoms with Crippen molar-refractivity contribution in [1.29, 1.82) is 0 Å². The number of rotatable bonds is 2. The second-order valence-corrected chi connectivity index (χ2v) is 5.58. The van der Waals surface area contributed by atoms with Crippen LogP contribution in [0.1, 0.15) is 40.9 Å². The summed E-state index contributed by atoms with van der Waals surface area (Å²) in [7, 11) is 0. The highest BCUT2D eigenvalue weighted by Gasteiger charge is 2.21. The number of aryl methyl sites for hydroxylation is 1. The first-order valence-corrected chi connectivity index (χ1v) is 6.89. The molecule has 0 amide bonds. The van der Waals surface area contributed by atoms with Gasteiger partial charge < -0.3 is 9.67 Å². The zero-order chi connectivity index (χ0) is 11.8. The number of hydrogen-bond acceptors (Lipinski definition) is 3. The molecule has 1 atom stereocenters. The Bertz CT molecular complexity index is 529. The molecule has 2 aromatic rings. The lowest BCUT2D eigenvalue weighted by Crippen LogP contribution is -2.12. The van der Waals surface area contributed by atoms with E-state index in [0.717, 1.165) is 42.1 Å². The zero-order valence-electron chi connectivity index (χ0n) is 9.89. The van der Waals surface area contributed by atoms with E-state index in [1.807, 2.05) is 6.92 Å². The number of hydrogen-bond donors (Lipinski definition) is 1. The van der Waals surface area contributed by atoms with Crippen molar-refractivity contribution in [2.75, 3.05) is 0 Å². The summed E-state index contributed by atoms with van der Waals surface area (Å²) in [5.74, 6) is 0. The van der Waals surface area contributed by atoms with Crippen LogP contribution in [0.5, 0.6) is 0 Å². The van der Waals surface area contributed by atoms with Crippen molar-refractivity contribution in [3.8, 4) is 0 Å². The van der Waals surface area contributed by atoms with Crippen molar-refractivity contribution in [1.82, 2.24) is 9.55 Å². The molecule has 2 aromatic heterocycles. The molecule has 90 valence electrons. The molecule has 1 unspecified atom stereocenters. The summed E-state index contributed by atoms with van der Waals surface area (Å²) in [5, 5.41) is 13.1. The molecule has 1 aliphatic rings. The SMILES string of the molecule is Cc1csc(Cn2ccc3c2CCCC3O)n1. The number of thiazole rings is 1. The summed E-state index contributed by atoms with van der Waals surface area (Å²) < 4.78 is 2.23. The molecule has 2 heterocycles. The highest BCUT2D eigenvalue weighted by atomic mass is 32.1. The van der Waals surface area contributed by atoms with Crippen molar-refractivity contribution in [3.63, 3.8) is 0 Å². The lowest BCUT2D eigenvalue weighted by atomic mass is 9.95. The molecular formula is C13H16N2OS. The van der Waals surface area contributed by atoms with Gasteiger partial charge in [-0.25, -0.2) is 4.98 Å². The highest BCUT2D eigenvalue weighted by molar-refractivity contribution is 7.09. The minimum atomic E-state index is -0.266. The van der Waals surface area contributed by atoms with Gasteiger partial charge in [0, 0.05) is 28.5 Å². The Kier molecular flexibility index (Phi) is 2.76. The largest absolute Gasteiger partial charge is 0.388 e. The third kappa shape index (κ3) is 2.03. The molecule has 4 heteroatoms. The van der Waals surface area contributed by atoms with E-state index >= 15 is 0 Å². The van der Waals surface area contributed by atoms with Crippen molar-refractivity contribution >= 4 is 11.3 Å². The fourth-order valence-electron chi connectivity index (χ4n) is 2.50. The Morgan fingerprint density at radius 1 is 1.59 bits per heavy atom. The van der Waals surface area contributed by atoms with E-state index in [4.69, 9.17) is 0 Å². The predicted molar refractivity (Wildman–Crippen MR) is 68.3 cm³/mol. The maximum atomic E-state index is 9.92. The van der Waals surface area contributed by atoms with Gasteiger partial charge in [0.1, 0.15) is 5.01 Å². The highest BCUT2D eigenvalue weighted by Crippen LogP contribution is 2.30. The maximum Gasteiger partial charge on any atom is 0.113 e. The summed E-state index contributed by atoms with van der Waals surface area (Å²) in [6, 6.07) is 2.06. The Labute approximate surface area is 105 Å². The molecular weight excluding hydrogens is 232 g/mol. The molecule has 0 aromatic carbocycles. The minimum absolute atomic E-state index is 0.266. The molecule has 0 spiro atoms. The van der Waals surface area contributed by atoms with Crippen LogP contribution in [0.4, 0.5) is 0 Å². The lowest BCUT2D eigenvalue weighted by Gasteiger charge is -2.19. The van der Waals surface area contributed by atoms with Gasteiger partial charge in [-0.1, -0.05) is 0 Å². The van der Waals surface area contributed by atoms with Crippen LogP contribution in [0.25, 0.3) is 0 Å². The van der Waals surface area contributed by atoms with E-state index in [-0.39, 0.29) is 6.10 Å². The van der Waals surface area contributed by atoms with Crippen LogP contribution in [0, 0.1) is 6.92 Å².